The molecule has 0 fully saturated rings. The number of carbonyl (C=O) groups is 1. The third-order valence-electron chi connectivity index (χ3n) is 4.29. The van der Waals surface area contributed by atoms with Crippen molar-refractivity contribution < 1.29 is 14.3 Å². The summed E-state index contributed by atoms with van der Waals surface area (Å²) in [6, 6.07) is 7.42. The number of nitrogens with one attached hydrogen (secondary N) is 1. The van der Waals surface area contributed by atoms with Crippen molar-refractivity contribution in [3.8, 4) is 5.75 Å². The minimum absolute atomic E-state index is 0.271. The van der Waals surface area contributed by atoms with E-state index >= 15 is 0 Å². The Morgan fingerprint density at radius 1 is 1.19 bits per heavy atom. The largest absolute Gasteiger partial charge is 0.497 e. The van der Waals surface area contributed by atoms with Crippen LogP contribution in [0.1, 0.15) is 21.9 Å². The van der Waals surface area contributed by atoms with Crippen LogP contribution < -0.4 is 10.1 Å². The van der Waals surface area contributed by atoms with E-state index in [1.807, 2.05) is 36.7 Å². The Labute approximate surface area is 151 Å². The summed E-state index contributed by atoms with van der Waals surface area (Å²) >= 11 is 0. The summed E-state index contributed by atoms with van der Waals surface area (Å²) in [4.78, 5) is 16.9. The molecule has 0 radical (unpaired) electrons. The molecule has 0 bridgehead atoms. The molecule has 0 aliphatic carbocycles. The number of carbonyl (C=O) groups excluding carboxylic acids is 1. The molecule has 1 N–H and O–H groups in total. The van der Waals surface area contributed by atoms with Crippen LogP contribution in [0, 0.1) is 13.8 Å². The van der Waals surface area contributed by atoms with Gasteiger partial charge in [-0.15, -0.1) is 0 Å². The average Bonchev–Trinajstić information content (AvgIpc) is 2.92. The predicted molar refractivity (Wildman–Crippen MR) is 99.8 cm³/mol. The first kappa shape index (κ1) is 17.9. The fourth-order valence-electron chi connectivity index (χ4n) is 2.82. The van der Waals surface area contributed by atoms with Crippen molar-refractivity contribution >= 4 is 22.4 Å². The molecule has 0 aliphatic rings. The molecule has 1 aromatic carbocycles. The summed E-state index contributed by atoms with van der Waals surface area (Å²) in [7, 11) is 3.26. The average molecular weight is 354 g/mol. The number of aromatic nitrogens is 3. The quantitative estimate of drug-likeness (QED) is 0.736. The van der Waals surface area contributed by atoms with E-state index in [2.05, 4.69) is 15.4 Å². The van der Waals surface area contributed by atoms with E-state index in [1.165, 1.54) is 0 Å². The van der Waals surface area contributed by atoms with Crippen molar-refractivity contribution in [2.24, 2.45) is 0 Å². The second-order valence-electron chi connectivity index (χ2n) is 6.00. The predicted octanol–water partition coefficient (Wildman–Crippen LogP) is 2.96. The second kappa shape index (κ2) is 7.53. The molecule has 0 saturated carbocycles. The minimum atomic E-state index is -0.271. The third kappa shape index (κ3) is 3.52. The zero-order valence-electron chi connectivity index (χ0n) is 15.4. The van der Waals surface area contributed by atoms with E-state index in [0.717, 1.165) is 27.9 Å². The van der Waals surface area contributed by atoms with Gasteiger partial charge in [0.25, 0.3) is 5.91 Å². The number of nitrogens with zero attached hydrogens (tertiary/aromatic N) is 3. The van der Waals surface area contributed by atoms with Crippen molar-refractivity contribution in [3.63, 3.8) is 0 Å². The molecule has 0 aliphatic heterocycles. The molecule has 26 heavy (non-hydrogen) atoms. The van der Waals surface area contributed by atoms with Crippen LogP contribution in [0.4, 0.5) is 5.69 Å². The lowest BCUT2D eigenvalue weighted by molar-refractivity contribution is 0.102. The molecule has 0 spiro atoms. The van der Waals surface area contributed by atoms with Crippen LogP contribution in [-0.4, -0.2) is 41.5 Å². The monoisotopic (exact) mass is 354 g/mol. The van der Waals surface area contributed by atoms with Crippen LogP contribution in [0.15, 0.2) is 30.5 Å². The van der Waals surface area contributed by atoms with Crippen LogP contribution in [0.3, 0.4) is 0 Å². The first-order valence-electron chi connectivity index (χ1n) is 8.31. The molecule has 1 amide bonds. The van der Waals surface area contributed by atoms with Crippen LogP contribution in [0.2, 0.25) is 0 Å². The second-order valence-corrected chi connectivity index (χ2v) is 6.00. The lowest BCUT2D eigenvalue weighted by atomic mass is 10.1. The van der Waals surface area contributed by atoms with E-state index in [0.29, 0.717) is 24.5 Å². The Balaban J connectivity index is 1.86. The molecular formula is C19H22N4O3. The zero-order chi connectivity index (χ0) is 18.7. The number of anilines is 1. The summed E-state index contributed by atoms with van der Waals surface area (Å²) in [5.74, 6) is 0.466. The zero-order valence-corrected chi connectivity index (χ0v) is 15.4. The van der Waals surface area contributed by atoms with E-state index in [1.54, 1.807) is 26.5 Å². The highest BCUT2D eigenvalue weighted by Crippen LogP contribution is 2.23. The van der Waals surface area contributed by atoms with Crippen LogP contribution in [0.25, 0.3) is 10.8 Å². The fourth-order valence-corrected chi connectivity index (χ4v) is 2.82. The number of fused-ring (bicyclic) bond motifs is 1. The number of aryl methyl sites for hydroxylation is 1. The van der Waals surface area contributed by atoms with Crippen molar-refractivity contribution in [2.45, 2.75) is 20.4 Å². The number of methoxy groups -OCH3 is 2. The Morgan fingerprint density at radius 3 is 2.73 bits per heavy atom. The van der Waals surface area contributed by atoms with E-state index in [9.17, 15) is 4.79 Å². The fraction of sp³-hybridized carbons (Fsp3) is 0.316. The number of amides is 1. The third-order valence-corrected chi connectivity index (χ3v) is 4.29. The van der Waals surface area contributed by atoms with Gasteiger partial charge in [0.1, 0.15) is 11.4 Å². The van der Waals surface area contributed by atoms with Gasteiger partial charge in [-0.3, -0.25) is 14.5 Å². The highest BCUT2D eigenvalue weighted by molar-refractivity contribution is 6.05. The van der Waals surface area contributed by atoms with Crippen molar-refractivity contribution in [1.29, 1.82) is 0 Å². The molecule has 2 heterocycles. The van der Waals surface area contributed by atoms with Gasteiger partial charge in [0.15, 0.2) is 0 Å². The summed E-state index contributed by atoms with van der Waals surface area (Å²) < 4.78 is 12.2. The number of hydrogen-bond acceptors (Lipinski definition) is 5. The molecule has 0 saturated heterocycles. The van der Waals surface area contributed by atoms with Gasteiger partial charge in [0, 0.05) is 18.7 Å². The molecule has 3 rings (SSSR count). The van der Waals surface area contributed by atoms with E-state index in [4.69, 9.17) is 9.47 Å². The van der Waals surface area contributed by atoms with Crippen molar-refractivity contribution in [3.05, 3.63) is 47.5 Å². The first-order chi connectivity index (χ1) is 12.5. The highest BCUT2D eigenvalue weighted by Gasteiger charge is 2.16. The molecule has 3 aromatic rings. The lowest BCUT2D eigenvalue weighted by Gasteiger charge is -2.08. The Morgan fingerprint density at radius 2 is 2.00 bits per heavy atom. The van der Waals surface area contributed by atoms with Gasteiger partial charge in [-0.25, -0.2) is 0 Å². The first-order valence-corrected chi connectivity index (χ1v) is 8.31. The number of pyridine rings is 1. The summed E-state index contributed by atoms with van der Waals surface area (Å²) in [6.45, 7) is 4.98. The molecule has 7 nitrogen and oxygen atoms in total. The van der Waals surface area contributed by atoms with Crippen molar-refractivity contribution in [1.82, 2.24) is 14.8 Å². The van der Waals surface area contributed by atoms with Gasteiger partial charge in [0.05, 0.1) is 37.3 Å². The van der Waals surface area contributed by atoms with Gasteiger partial charge in [-0.2, -0.15) is 5.10 Å². The minimum Gasteiger partial charge on any atom is -0.497 e. The maximum atomic E-state index is 12.7. The maximum Gasteiger partial charge on any atom is 0.274 e. The Hall–Kier alpha value is -2.93. The van der Waals surface area contributed by atoms with Gasteiger partial charge in [-0.1, -0.05) is 0 Å². The van der Waals surface area contributed by atoms with Gasteiger partial charge in [0.2, 0.25) is 0 Å². The van der Waals surface area contributed by atoms with E-state index < -0.39 is 0 Å². The van der Waals surface area contributed by atoms with Crippen molar-refractivity contribution in [2.75, 3.05) is 26.1 Å². The topological polar surface area (TPSA) is 78.3 Å². The Bertz CT molecular complexity index is 949. The summed E-state index contributed by atoms with van der Waals surface area (Å²) in [5.41, 5.74) is 2.69. The smallest absolute Gasteiger partial charge is 0.274 e. The number of ether oxygens (including phenoxy) is 2. The summed E-state index contributed by atoms with van der Waals surface area (Å²) in [6.07, 6.45) is 1.69. The normalized spacial score (nSPS) is 10.9. The molecule has 7 heteroatoms. The van der Waals surface area contributed by atoms with Crippen LogP contribution in [-0.2, 0) is 11.3 Å². The molecule has 0 unspecified atom stereocenters. The lowest BCUT2D eigenvalue weighted by Crippen LogP contribution is -2.15. The number of hydrogen-bond donors (Lipinski definition) is 1. The number of benzene rings is 1. The van der Waals surface area contributed by atoms with Crippen LogP contribution >= 0.6 is 0 Å². The van der Waals surface area contributed by atoms with Crippen LogP contribution in [0.5, 0.6) is 5.75 Å². The van der Waals surface area contributed by atoms with Gasteiger partial charge >= 0.3 is 0 Å². The van der Waals surface area contributed by atoms with Gasteiger partial charge < -0.3 is 14.8 Å². The molecule has 0 atom stereocenters. The highest BCUT2D eigenvalue weighted by atomic mass is 16.5. The maximum absolute atomic E-state index is 12.7. The SMILES string of the molecule is COCCn1nc(C)c(NC(=O)c2cc3cc(OC)ccc3cn2)c1C. The molecular weight excluding hydrogens is 332 g/mol. The number of rotatable bonds is 6. The van der Waals surface area contributed by atoms with Gasteiger partial charge in [-0.05, 0) is 43.5 Å². The molecule has 2 aromatic heterocycles. The van der Waals surface area contributed by atoms with E-state index in [-0.39, 0.29) is 5.91 Å². The molecule has 136 valence electrons. The Kier molecular flexibility index (Phi) is 5.18. The summed E-state index contributed by atoms with van der Waals surface area (Å²) in [5, 5.41) is 9.22. The standard InChI is InChI=1S/C19H22N4O3/c1-12-18(13(2)23(22-12)7-8-25-3)21-19(24)17-10-15-9-16(26-4)6-5-14(15)11-20-17/h5-6,9-11H,7-8H2,1-4H3,(H,21,24).